The first kappa shape index (κ1) is 21.3. The summed E-state index contributed by atoms with van der Waals surface area (Å²) in [7, 11) is 0. The number of hydrogen-bond acceptors (Lipinski definition) is 7. The molecule has 8 heteroatoms. The summed E-state index contributed by atoms with van der Waals surface area (Å²) >= 11 is 7.22. The number of aromatic nitrogens is 1. The molecular formula is C31H17NO3S4. The number of fused-ring (bicyclic) bond motifs is 14. The van der Waals surface area contributed by atoms with Crippen molar-refractivity contribution < 1.29 is 13.3 Å². The lowest BCUT2D eigenvalue weighted by molar-refractivity contribution is 0.634. The maximum absolute atomic E-state index is 6.71. The van der Waals surface area contributed by atoms with Crippen LogP contribution in [-0.4, -0.2) is 4.57 Å². The normalized spacial score (nSPS) is 13.0. The molecule has 0 saturated carbocycles. The molecule has 0 spiro atoms. The third-order valence-electron chi connectivity index (χ3n) is 7.70. The van der Waals surface area contributed by atoms with Gasteiger partial charge >= 0.3 is 0 Å². The Labute approximate surface area is 235 Å². The van der Waals surface area contributed by atoms with Crippen LogP contribution in [0.4, 0.5) is 0 Å². The molecule has 2 aromatic carbocycles. The molecule has 39 heavy (non-hydrogen) atoms. The molecule has 188 valence electrons. The third kappa shape index (κ3) is 2.58. The van der Waals surface area contributed by atoms with Crippen molar-refractivity contribution in [3.8, 4) is 5.69 Å². The largest absolute Gasteiger partial charge is 0.453 e. The summed E-state index contributed by atoms with van der Waals surface area (Å²) in [6.07, 6.45) is 0. The minimum atomic E-state index is 0.841. The van der Waals surface area contributed by atoms with Crippen molar-refractivity contribution in [1.29, 1.82) is 0 Å². The van der Waals surface area contributed by atoms with Gasteiger partial charge in [0.05, 0.1) is 33.7 Å². The molecular weight excluding hydrogens is 563 g/mol. The Morgan fingerprint density at radius 2 is 1.15 bits per heavy atom. The van der Waals surface area contributed by atoms with Crippen molar-refractivity contribution in [3.05, 3.63) is 63.8 Å². The Kier molecular flexibility index (Phi) is 3.79. The number of aryl methyl sites for hydroxylation is 3. The molecule has 8 aromatic heterocycles. The topological polar surface area (TPSA) is 44.4 Å². The highest BCUT2D eigenvalue weighted by atomic mass is 32.1. The van der Waals surface area contributed by atoms with E-state index >= 15 is 0 Å². The SMILES string of the molecule is Cc1ccc(-n2c3cc(C)sc3c3sc4c5cc6oc7c8oc9cc(C)sc9c8sc7c6cc5oc4c32)cc1. The second-order valence-electron chi connectivity index (χ2n) is 10.3. The van der Waals surface area contributed by atoms with Gasteiger partial charge in [0.25, 0.3) is 0 Å². The molecule has 0 unspecified atom stereocenters. The highest BCUT2D eigenvalue weighted by Crippen LogP contribution is 2.51. The number of nitrogens with zero attached hydrogens (tertiary/aromatic N) is 1. The van der Waals surface area contributed by atoms with Crippen LogP contribution in [0.25, 0.3) is 89.2 Å². The summed E-state index contributed by atoms with van der Waals surface area (Å²) in [6, 6.07) is 17.5. The number of thiophene rings is 4. The average molecular weight is 580 g/mol. The highest BCUT2D eigenvalue weighted by molar-refractivity contribution is 7.32. The highest BCUT2D eigenvalue weighted by Gasteiger charge is 2.26. The summed E-state index contributed by atoms with van der Waals surface area (Å²) in [4.78, 5) is 2.57. The molecule has 0 aliphatic rings. The maximum Gasteiger partial charge on any atom is 0.190 e. The van der Waals surface area contributed by atoms with Crippen molar-refractivity contribution in [2.24, 2.45) is 0 Å². The number of hydrogen-bond donors (Lipinski definition) is 0. The average Bonchev–Trinajstić information content (AvgIpc) is 3.74. The van der Waals surface area contributed by atoms with Gasteiger partial charge in [-0.3, -0.25) is 0 Å². The lowest BCUT2D eigenvalue weighted by atomic mass is 10.2. The van der Waals surface area contributed by atoms with Gasteiger partial charge in [-0.05, 0) is 57.2 Å². The van der Waals surface area contributed by atoms with Crippen LogP contribution >= 0.6 is 45.3 Å². The summed E-state index contributed by atoms with van der Waals surface area (Å²) < 4.78 is 29.1. The van der Waals surface area contributed by atoms with Crippen LogP contribution in [0.5, 0.6) is 0 Å². The van der Waals surface area contributed by atoms with Gasteiger partial charge in [-0.25, -0.2) is 0 Å². The van der Waals surface area contributed by atoms with Gasteiger partial charge < -0.3 is 17.8 Å². The first-order valence-corrected chi connectivity index (χ1v) is 15.9. The van der Waals surface area contributed by atoms with E-state index in [1.54, 1.807) is 22.7 Å². The number of benzene rings is 2. The Balaban J connectivity index is 1.29. The number of rotatable bonds is 1. The van der Waals surface area contributed by atoms with Crippen LogP contribution in [0.1, 0.15) is 15.3 Å². The van der Waals surface area contributed by atoms with Gasteiger partial charge in [0.15, 0.2) is 16.7 Å². The summed E-state index contributed by atoms with van der Waals surface area (Å²) in [6.45, 7) is 6.43. The standard InChI is InChI=1S/C31H17NO3S4/c1-12-4-6-15(7-5-12)32-18-8-13(2)36-28(18)30-22(32)23-26(38-30)16-10-20-17(11-19(16)33-23)27-24(34-20)25-31(39-27)29-21(35-25)9-14(3)37-29/h4-11H,1-3H3. The summed E-state index contributed by atoms with van der Waals surface area (Å²) in [5, 5.41) is 2.18. The van der Waals surface area contributed by atoms with Crippen molar-refractivity contribution in [1.82, 2.24) is 4.57 Å². The van der Waals surface area contributed by atoms with Gasteiger partial charge in [0.1, 0.15) is 22.3 Å². The second-order valence-corrected chi connectivity index (χ2v) is 14.9. The molecule has 0 saturated heterocycles. The summed E-state index contributed by atoms with van der Waals surface area (Å²) in [5.74, 6) is 0. The lowest BCUT2D eigenvalue weighted by Gasteiger charge is -2.06. The van der Waals surface area contributed by atoms with Crippen molar-refractivity contribution in [3.63, 3.8) is 0 Å². The predicted molar refractivity (Wildman–Crippen MR) is 168 cm³/mol. The molecule has 0 aliphatic heterocycles. The van der Waals surface area contributed by atoms with Gasteiger partial charge in [-0.15, -0.1) is 45.3 Å². The van der Waals surface area contributed by atoms with Crippen LogP contribution in [0, 0.1) is 20.8 Å². The monoisotopic (exact) mass is 579 g/mol. The molecule has 8 heterocycles. The molecule has 0 amide bonds. The molecule has 10 rings (SSSR count). The molecule has 0 aliphatic carbocycles. The molecule has 10 aromatic rings. The first-order chi connectivity index (χ1) is 19.0. The molecule has 0 radical (unpaired) electrons. The lowest BCUT2D eigenvalue weighted by Crippen LogP contribution is -1.92. The van der Waals surface area contributed by atoms with E-state index in [2.05, 4.69) is 73.9 Å². The fraction of sp³-hybridized carbons (Fsp3) is 0.0968. The van der Waals surface area contributed by atoms with Crippen LogP contribution < -0.4 is 0 Å². The second kappa shape index (κ2) is 6.95. The van der Waals surface area contributed by atoms with Crippen molar-refractivity contribution in [2.45, 2.75) is 20.8 Å². The quantitative estimate of drug-likeness (QED) is 0.194. The van der Waals surface area contributed by atoms with Gasteiger partial charge in [0, 0.05) is 26.2 Å². The van der Waals surface area contributed by atoms with E-state index in [0.29, 0.717) is 0 Å². The van der Waals surface area contributed by atoms with E-state index in [1.807, 2.05) is 22.7 Å². The van der Waals surface area contributed by atoms with Crippen molar-refractivity contribution in [2.75, 3.05) is 0 Å². The van der Waals surface area contributed by atoms with Gasteiger partial charge in [-0.2, -0.15) is 0 Å². The van der Waals surface area contributed by atoms with Crippen LogP contribution in [0.3, 0.4) is 0 Å². The van der Waals surface area contributed by atoms with Crippen LogP contribution in [0.2, 0.25) is 0 Å². The van der Waals surface area contributed by atoms with E-state index in [0.717, 1.165) is 60.2 Å². The zero-order valence-electron chi connectivity index (χ0n) is 20.9. The van der Waals surface area contributed by atoms with Crippen LogP contribution in [0.15, 0.2) is 61.8 Å². The maximum atomic E-state index is 6.71. The molecule has 0 N–H and O–H groups in total. The molecule has 0 bridgehead atoms. The predicted octanol–water partition coefficient (Wildman–Crippen LogP) is 11.7. The molecule has 0 atom stereocenters. The smallest absolute Gasteiger partial charge is 0.190 e. The Morgan fingerprint density at radius 1 is 0.538 bits per heavy atom. The first-order valence-electron chi connectivity index (χ1n) is 12.7. The van der Waals surface area contributed by atoms with E-state index in [9.17, 15) is 0 Å². The Bertz CT molecular complexity index is 2640. The van der Waals surface area contributed by atoms with Gasteiger partial charge in [-0.1, -0.05) is 17.7 Å². The fourth-order valence-electron chi connectivity index (χ4n) is 6.00. The zero-order valence-corrected chi connectivity index (χ0v) is 24.2. The zero-order chi connectivity index (χ0) is 25.7. The van der Waals surface area contributed by atoms with E-state index in [1.165, 1.54) is 44.3 Å². The minimum Gasteiger partial charge on any atom is -0.453 e. The molecule has 4 nitrogen and oxygen atoms in total. The third-order valence-corrected chi connectivity index (χ3v) is 12.5. The molecule has 0 fully saturated rings. The van der Waals surface area contributed by atoms with E-state index in [4.69, 9.17) is 13.3 Å². The minimum absolute atomic E-state index is 0.841. The summed E-state index contributed by atoms with van der Waals surface area (Å²) in [5.41, 5.74) is 10.2. The van der Waals surface area contributed by atoms with E-state index in [-0.39, 0.29) is 0 Å². The van der Waals surface area contributed by atoms with Crippen LogP contribution in [-0.2, 0) is 0 Å². The number of furan rings is 3. The Morgan fingerprint density at radius 3 is 1.95 bits per heavy atom. The fourth-order valence-corrected chi connectivity index (χ4v) is 10.6. The van der Waals surface area contributed by atoms with Gasteiger partial charge in [0.2, 0.25) is 0 Å². The van der Waals surface area contributed by atoms with Crippen molar-refractivity contribution >= 4 is 129 Å². The Hall–Kier alpha value is -3.56. The van der Waals surface area contributed by atoms with E-state index < -0.39 is 0 Å².